The van der Waals surface area contributed by atoms with Crippen molar-refractivity contribution in [2.24, 2.45) is 7.05 Å². The Morgan fingerprint density at radius 3 is 2.76 bits per heavy atom. The molecule has 0 radical (unpaired) electrons. The Morgan fingerprint density at radius 2 is 2.00 bits per heavy atom. The lowest BCUT2D eigenvalue weighted by molar-refractivity contribution is -0.137. The number of rotatable bonds is 6. The van der Waals surface area contributed by atoms with Crippen LogP contribution in [0.5, 0.6) is 0 Å². The van der Waals surface area contributed by atoms with Crippen LogP contribution in [0.4, 0.5) is 0 Å². The van der Waals surface area contributed by atoms with Crippen molar-refractivity contribution in [1.82, 2.24) is 4.57 Å². The van der Waals surface area contributed by atoms with Crippen LogP contribution >= 0.6 is 0 Å². The average Bonchev–Trinajstić information content (AvgIpc) is 2.75. The van der Waals surface area contributed by atoms with E-state index in [-0.39, 0.29) is 5.56 Å². The van der Waals surface area contributed by atoms with Crippen LogP contribution in [-0.2, 0) is 16.6 Å². The monoisotopic (exact) mass is 386 g/mol. The van der Waals surface area contributed by atoms with Crippen LogP contribution in [-0.4, -0.2) is 17.1 Å². The Kier molecular flexibility index (Phi) is 6.25. The maximum atomic E-state index is 13.1. The van der Waals surface area contributed by atoms with Gasteiger partial charge in [-0.25, -0.2) is 4.79 Å². The Hall–Kier alpha value is -3.65. The number of hydrogen-bond acceptors (Lipinski definition) is 4. The molecule has 0 aliphatic heterocycles. The molecule has 1 aromatic heterocycles. The van der Waals surface area contributed by atoms with Gasteiger partial charge in [0.05, 0.1) is 23.8 Å². The number of esters is 1. The van der Waals surface area contributed by atoms with Crippen molar-refractivity contribution in [3.8, 4) is 17.2 Å². The summed E-state index contributed by atoms with van der Waals surface area (Å²) in [7, 11) is 1.71. The van der Waals surface area contributed by atoms with E-state index in [1.54, 1.807) is 29.8 Å². The minimum Gasteiger partial charge on any atom is -0.463 e. The fourth-order valence-corrected chi connectivity index (χ4v) is 3.25. The van der Waals surface area contributed by atoms with Crippen molar-refractivity contribution in [3.05, 3.63) is 76.1 Å². The van der Waals surface area contributed by atoms with E-state index in [1.807, 2.05) is 37.3 Å². The first-order chi connectivity index (χ1) is 14.1. The van der Waals surface area contributed by atoms with Crippen molar-refractivity contribution < 1.29 is 9.53 Å². The molecule has 0 amide bonds. The SMILES string of the molecule is CCCCOC(=O)/C=C/c1c(-c2cccc(C#N)c2)c2ccccc2n(C)c1=O. The lowest BCUT2D eigenvalue weighted by Crippen LogP contribution is -2.21. The van der Waals surface area contributed by atoms with E-state index >= 15 is 0 Å². The number of benzene rings is 2. The highest BCUT2D eigenvalue weighted by Gasteiger charge is 2.15. The number of pyridine rings is 1. The summed E-state index contributed by atoms with van der Waals surface area (Å²) in [5, 5.41) is 10.1. The number of ether oxygens (including phenoxy) is 1. The van der Waals surface area contributed by atoms with Crippen LogP contribution in [0.1, 0.15) is 30.9 Å². The van der Waals surface area contributed by atoms with E-state index in [0.717, 1.165) is 29.3 Å². The van der Waals surface area contributed by atoms with E-state index in [4.69, 9.17) is 4.74 Å². The number of carbonyl (C=O) groups is 1. The number of nitriles is 1. The normalized spacial score (nSPS) is 10.9. The number of carbonyl (C=O) groups excluding carboxylic acids is 1. The number of para-hydroxylation sites is 1. The van der Waals surface area contributed by atoms with Gasteiger partial charge in [0.15, 0.2) is 0 Å². The molecule has 0 aliphatic carbocycles. The van der Waals surface area contributed by atoms with Gasteiger partial charge in [0, 0.05) is 29.6 Å². The predicted octanol–water partition coefficient (Wildman–Crippen LogP) is 4.43. The maximum absolute atomic E-state index is 13.1. The predicted molar refractivity (Wildman–Crippen MR) is 114 cm³/mol. The van der Waals surface area contributed by atoms with Gasteiger partial charge >= 0.3 is 5.97 Å². The minimum absolute atomic E-state index is 0.223. The van der Waals surface area contributed by atoms with Crippen molar-refractivity contribution in [2.45, 2.75) is 19.8 Å². The molecule has 0 unspecified atom stereocenters. The van der Waals surface area contributed by atoms with E-state index in [0.29, 0.717) is 23.3 Å². The lowest BCUT2D eigenvalue weighted by atomic mass is 9.94. The molecule has 0 N–H and O–H groups in total. The number of hydrogen-bond donors (Lipinski definition) is 0. The topological polar surface area (TPSA) is 72.1 Å². The molecule has 3 rings (SSSR count). The largest absolute Gasteiger partial charge is 0.463 e. The second kappa shape index (κ2) is 9.03. The maximum Gasteiger partial charge on any atom is 0.330 e. The summed E-state index contributed by atoms with van der Waals surface area (Å²) in [4.78, 5) is 25.1. The molecule has 0 atom stereocenters. The summed E-state index contributed by atoms with van der Waals surface area (Å²) in [5.74, 6) is -0.481. The molecule has 0 saturated heterocycles. The highest BCUT2D eigenvalue weighted by molar-refractivity contribution is 6.00. The van der Waals surface area contributed by atoms with E-state index in [2.05, 4.69) is 6.07 Å². The molecular formula is C24H22N2O3. The Labute approximate surface area is 169 Å². The number of aryl methyl sites for hydroxylation is 1. The van der Waals surface area contributed by atoms with Crippen LogP contribution in [0.3, 0.4) is 0 Å². The number of unbranched alkanes of at least 4 members (excludes halogenated alkanes) is 1. The zero-order valence-electron chi connectivity index (χ0n) is 16.5. The summed E-state index contributed by atoms with van der Waals surface area (Å²) in [6.07, 6.45) is 4.53. The van der Waals surface area contributed by atoms with Gasteiger partial charge in [-0.15, -0.1) is 0 Å². The molecule has 0 spiro atoms. The molecule has 0 aliphatic rings. The van der Waals surface area contributed by atoms with E-state index in [9.17, 15) is 14.9 Å². The van der Waals surface area contributed by atoms with Crippen LogP contribution in [0, 0.1) is 11.3 Å². The van der Waals surface area contributed by atoms with Gasteiger partial charge < -0.3 is 9.30 Å². The fraction of sp³-hybridized carbons (Fsp3) is 0.208. The first-order valence-corrected chi connectivity index (χ1v) is 9.54. The lowest BCUT2D eigenvalue weighted by Gasteiger charge is -2.14. The van der Waals surface area contributed by atoms with Gasteiger partial charge in [-0.1, -0.05) is 43.7 Å². The smallest absolute Gasteiger partial charge is 0.330 e. The number of nitrogens with zero attached hydrogens (tertiary/aromatic N) is 2. The molecule has 5 heteroatoms. The average molecular weight is 386 g/mol. The van der Waals surface area contributed by atoms with Gasteiger partial charge in [-0.05, 0) is 36.3 Å². The van der Waals surface area contributed by atoms with Crippen molar-refractivity contribution in [3.63, 3.8) is 0 Å². The zero-order chi connectivity index (χ0) is 20.8. The molecule has 146 valence electrons. The molecule has 29 heavy (non-hydrogen) atoms. The summed E-state index contributed by atoms with van der Waals surface area (Å²) in [6, 6.07) is 16.8. The Balaban J connectivity index is 2.20. The second-order valence-corrected chi connectivity index (χ2v) is 6.72. The van der Waals surface area contributed by atoms with Crippen molar-refractivity contribution in [2.75, 3.05) is 6.61 Å². The standard InChI is InChI=1S/C24H22N2O3/c1-3-4-14-29-22(27)13-12-20-23(18-9-7-8-17(15-18)16-25)19-10-5-6-11-21(19)26(2)24(20)28/h5-13,15H,3-4,14H2,1-2H3/b13-12+. The summed E-state index contributed by atoms with van der Waals surface area (Å²) in [6.45, 7) is 2.37. The van der Waals surface area contributed by atoms with Gasteiger partial charge in [-0.3, -0.25) is 4.79 Å². The second-order valence-electron chi connectivity index (χ2n) is 6.72. The fourth-order valence-electron chi connectivity index (χ4n) is 3.25. The van der Waals surface area contributed by atoms with E-state index in [1.165, 1.54) is 12.2 Å². The molecule has 0 bridgehead atoms. The third kappa shape index (κ3) is 4.27. The molecule has 0 fully saturated rings. The van der Waals surface area contributed by atoms with Gasteiger partial charge in [0.25, 0.3) is 5.56 Å². The zero-order valence-corrected chi connectivity index (χ0v) is 16.5. The number of aromatic nitrogens is 1. The molecular weight excluding hydrogens is 364 g/mol. The van der Waals surface area contributed by atoms with Crippen LogP contribution in [0.25, 0.3) is 28.1 Å². The van der Waals surface area contributed by atoms with Gasteiger partial charge in [0.2, 0.25) is 0 Å². The Morgan fingerprint density at radius 1 is 1.21 bits per heavy atom. The molecule has 3 aromatic rings. The van der Waals surface area contributed by atoms with Crippen molar-refractivity contribution in [1.29, 1.82) is 5.26 Å². The highest BCUT2D eigenvalue weighted by Crippen LogP contribution is 2.31. The third-order valence-corrected chi connectivity index (χ3v) is 4.75. The molecule has 0 saturated carbocycles. The number of fused-ring (bicyclic) bond motifs is 1. The summed E-state index contributed by atoms with van der Waals surface area (Å²) < 4.78 is 6.73. The summed E-state index contributed by atoms with van der Waals surface area (Å²) in [5.41, 5.74) is 2.88. The van der Waals surface area contributed by atoms with Crippen LogP contribution < -0.4 is 5.56 Å². The molecule has 5 nitrogen and oxygen atoms in total. The third-order valence-electron chi connectivity index (χ3n) is 4.75. The van der Waals surface area contributed by atoms with Gasteiger partial charge in [0.1, 0.15) is 0 Å². The van der Waals surface area contributed by atoms with Crippen LogP contribution in [0.2, 0.25) is 0 Å². The Bertz CT molecular complexity index is 1180. The molecule has 1 heterocycles. The first-order valence-electron chi connectivity index (χ1n) is 9.54. The van der Waals surface area contributed by atoms with Crippen LogP contribution in [0.15, 0.2) is 59.4 Å². The first kappa shape index (κ1) is 20.1. The highest BCUT2D eigenvalue weighted by atomic mass is 16.5. The summed E-state index contributed by atoms with van der Waals surface area (Å²) >= 11 is 0. The van der Waals surface area contributed by atoms with E-state index < -0.39 is 5.97 Å². The minimum atomic E-state index is -0.481. The molecule has 2 aromatic carbocycles. The van der Waals surface area contributed by atoms with Gasteiger partial charge in [-0.2, -0.15) is 5.26 Å². The van der Waals surface area contributed by atoms with Crippen molar-refractivity contribution >= 4 is 22.9 Å². The quantitative estimate of drug-likeness (QED) is 0.357.